The molecule has 0 saturated carbocycles. The molecule has 0 aromatic heterocycles. The fourth-order valence-corrected chi connectivity index (χ4v) is 2.51. The molecule has 150 valence electrons. The van der Waals surface area contributed by atoms with Crippen LogP contribution in [-0.4, -0.2) is 56.1 Å². The summed E-state index contributed by atoms with van der Waals surface area (Å²) in [5, 5.41) is 4.24. The molecule has 0 unspecified atom stereocenters. The molecule has 1 aliphatic heterocycles. The Balaban J connectivity index is 1.81. The van der Waals surface area contributed by atoms with E-state index in [0.29, 0.717) is 24.2 Å². The third-order valence-corrected chi connectivity index (χ3v) is 4.00. The number of esters is 1. The van der Waals surface area contributed by atoms with Gasteiger partial charge in [-0.05, 0) is 37.6 Å². The normalized spacial score (nSPS) is 14.2. The Hall–Kier alpha value is -3.43. The van der Waals surface area contributed by atoms with Crippen LogP contribution in [0.15, 0.2) is 24.3 Å². The van der Waals surface area contributed by atoms with Gasteiger partial charge in [-0.15, -0.1) is 0 Å². The van der Waals surface area contributed by atoms with Crippen molar-refractivity contribution in [1.29, 1.82) is 0 Å². The lowest BCUT2D eigenvalue weighted by molar-refractivity contribution is -0.153. The fourth-order valence-electron chi connectivity index (χ4n) is 2.51. The average Bonchev–Trinajstić information content (AvgIpc) is 3.11. The fraction of sp³-hybridized carbons (Fsp3) is 0.389. The number of nitrogens with one attached hydrogen (secondary N) is 2. The number of benzene rings is 1. The first-order valence-corrected chi connectivity index (χ1v) is 8.58. The average molecular weight is 391 g/mol. The summed E-state index contributed by atoms with van der Waals surface area (Å²) in [6.07, 6.45) is -0.888. The molecule has 0 spiro atoms. The van der Waals surface area contributed by atoms with Crippen LogP contribution in [0.4, 0.5) is 10.5 Å². The highest BCUT2D eigenvalue weighted by Crippen LogP contribution is 2.21. The van der Waals surface area contributed by atoms with Crippen molar-refractivity contribution in [3.05, 3.63) is 29.8 Å². The number of alkyl carbamates (subject to hydrolysis) is 1. The Kier molecular flexibility index (Phi) is 7.08. The lowest BCUT2D eigenvalue weighted by Gasteiger charge is -2.16. The second-order valence-electron chi connectivity index (χ2n) is 5.99. The first kappa shape index (κ1) is 20.9. The zero-order chi connectivity index (χ0) is 20.7. The van der Waals surface area contributed by atoms with Gasteiger partial charge in [0.05, 0.1) is 7.11 Å². The van der Waals surface area contributed by atoms with Crippen molar-refractivity contribution in [2.45, 2.75) is 25.9 Å². The first-order chi connectivity index (χ1) is 13.3. The van der Waals surface area contributed by atoms with Crippen molar-refractivity contribution in [2.24, 2.45) is 0 Å². The molecule has 1 aromatic carbocycles. The minimum Gasteiger partial charge on any atom is -0.453 e. The van der Waals surface area contributed by atoms with Crippen LogP contribution >= 0.6 is 0 Å². The summed E-state index contributed by atoms with van der Waals surface area (Å²) in [5.41, 5.74) is 1.02. The predicted octanol–water partition coefficient (Wildman–Crippen LogP) is 0.357. The molecule has 0 radical (unpaired) electrons. The van der Waals surface area contributed by atoms with Gasteiger partial charge in [-0.1, -0.05) is 0 Å². The van der Waals surface area contributed by atoms with Crippen LogP contribution in [0.1, 0.15) is 30.1 Å². The molecule has 2 N–H and O–H groups in total. The topological polar surface area (TPSA) is 131 Å². The molecule has 0 aliphatic carbocycles. The molecule has 4 amide bonds. The molecular weight excluding hydrogens is 370 g/mol. The van der Waals surface area contributed by atoms with Gasteiger partial charge in [0.2, 0.25) is 5.91 Å². The van der Waals surface area contributed by atoms with Gasteiger partial charge in [0.25, 0.3) is 11.8 Å². The van der Waals surface area contributed by atoms with Gasteiger partial charge in [0.15, 0.2) is 6.10 Å². The van der Waals surface area contributed by atoms with E-state index >= 15 is 0 Å². The van der Waals surface area contributed by atoms with Crippen LogP contribution in [0.2, 0.25) is 0 Å². The Labute approximate surface area is 161 Å². The smallest absolute Gasteiger partial charge is 0.413 e. The van der Waals surface area contributed by atoms with Crippen LogP contribution in [0, 0.1) is 0 Å². The van der Waals surface area contributed by atoms with E-state index in [1.54, 1.807) is 29.2 Å². The van der Waals surface area contributed by atoms with E-state index in [1.807, 2.05) is 5.32 Å². The molecule has 0 bridgehead atoms. The summed E-state index contributed by atoms with van der Waals surface area (Å²) in [4.78, 5) is 59.7. The van der Waals surface area contributed by atoms with Crippen LogP contribution in [0.5, 0.6) is 0 Å². The van der Waals surface area contributed by atoms with E-state index in [0.717, 1.165) is 13.5 Å². The maximum absolute atomic E-state index is 12.1. The second-order valence-corrected chi connectivity index (χ2v) is 5.99. The Morgan fingerprint density at radius 2 is 1.86 bits per heavy atom. The standard InChI is InChI=1S/C18H21N3O7/c1-11(16(24)20-18(26)27-2)28-15(23)10-19-17(25)12-5-7-13(8-6-12)21-9-3-4-14(21)22/h5-8,11H,3-4,9-10H2,1-2H3,(H,19,25)(H,20,24,26)/t11-/m0/s1. The van der Waals surface area contributed by atoms with Crippen LogP contribution in [0.3, 0.4) is 0 Å². The highest BCUT2D eigenvalue weighted by atomic mass is 16.6. The molecule has 2 rings (SSSR count). The van der Waals surface area contributed by atoms with E-state index in [9.17, 15) is 24.0 Å². The summed E-state index contributed by atoms with van der Waals surface area (Å²) in [6, 6.07) is 6.42. The number of ether oxygens (including phenoxy) is 2. The summed E-state index contributed by atoms with van der Waals surface area (Å²) < 4.78 is 9.09. The zero-order valence-corrected chi connectivity index (χ0v) is 15.5. The third-order valence-electron chi connectivity index (χ3n) is 4.00. The number of rotatable bonds is 6. The number of imide groups is 1. The number of hydrogen-bond donors (Lipinski definition) is 2. The molecule has 10 nitrogen and oxygen atoms in total. The molecule has 28 heavy (non-hydrogen) atoms. The minimum atomic E-state index is -1.24. The Bertz CT molecular complexity index is 776. The summed E-state index contributed by atoms with van der Waals surface area (Å²) >= 11 is 0. The Morgan fingerprint density at radius 3 is 2.43 bits per heavy atom. The van der Waals surface area contributed by atoms with E-state index in [1.165, 1.54) is 6.92 Å². The summed E-state index contributed by atoms with van der Waals surface area (Å²) in [7, 11) is 1.09. The van der Waals surface area contributed by atoms with Gasteiger partial charge in [0.1, 0.15) is 6.54 Å². The minimum absolute atomic E-state index is 0.0466. The number of hydrogen-bond acceptors (Lipinski definition) is 7. The van der Waals surface area contributed by atoms with Gasteiger partial charge >= 0.3 is 12.1 Å². The van der Waals surface area contributed by atoms with Gasteiger partial charge in [-0.2, -0.15) is 0 Å². The molecular formula is C18H21N3O7. The van der Waals surface area contributed by atoms with Crippen molar-refractivity contribution in [1.82, 2.24) is 10.6 Å². The van der Waals surface area contributed by atoms with Crippen molar-refractivity contribution < 1.29 is 33.4 Å². The number of carbonyl (C=O) groups excluding carboxylic acids is 5. The van der Waals surface area contributed by atoms with Gasteiger partial charge in [-0.25, -0.2) is 4.79 Å². The largest absolute Gasteiger partial charge is 0.453 e. The SMILES string of the molecule is COC(=O)NC(=O)[C@H](C)OC(=O)CNC(=O)c1ccc(N2CCCC2=O)cc1. The van der Waals surface area contributed by atoms with Crippen LogP contribution in [0.25, 0.3) is 0 Å². The number of anilines is 1. The number of amides is 4. The van der Waals surface area contributed by atoms with Crippen molar-refractivity contribution in [2.75, 3.05) is 25.1 Å². The number of carbonyl (C=O) groups is 5. The van der Waals surface area contributed by atoms with E-state index < -0.39 is 36.5 Å². The molecule has 1 aliphatic rings. The monoisotopic (exact) mass is 391 g/mol. The third kappa shape index (κ3) is 5.53. The lowest BCUT2D eigenvalue weighted by atomic mass is 10.2. The zero-order valence-electron chi connectivity index (χ0n) is 15.5. The Morgan fingerprint density at radius 1 is 1.18 bits per heavy atom. The van der Waals surface area contributed by atoms with E-state index in [-0.39, 0.29) is 5.91 Å². The van der Waals surface area contributed by atoms with Crippen molar-refractivity contribution in [3.8, 4) is 0 Å². The number of nitrogens with zero attached hydrogens (tertiary/aromatic N) is 1. The first-order valence-electron chi connectivity index (χ1n) is 8.58. The quantitative estimate of drug-likeness (QED) is 0.669. The highest BCUT2D eigenvalue weighted by Gasteiger charge is 2.22. The molecule has 1 aromatic rings. The maximum atomic E-state index is 12.1. The van der Waals surface area contributed by atoms with Crippen molar-refractivity contribution in [3.63, 3.8) is 0 Å². The molecule has 1 atom stereocenters. The molecule has 1 fully saturated rings. The predicted molar refractivity (Wildman–Crippen MR) is 96.5 cm³/mol. The maximum Gasteiger partial charge on any atom is 0.413 e. The lowest BCUT2D eigenvalue weighted by Crippen LogP contribution is -2.41. The highest BCUT2D eigenvalue weighted by molar-refractivity contribution is 5.99. The van der Waals surface area contributed by atoms with Crippen LogP contribution in [-0.2, 0) is 23.9 Å². The summed E-state index contributed by atoms with van der Waals surface area (Å²) in [6.45, 7) is 1.47. The van der Waals surface area contributed by atoms with E-state index in [2.05, 4.69) is 10.1 Å². The second kappa shape index (κ2) is 9.49. The van der Waals surface area contributed by atoms with Gasteiger partial charge in [-0.3, -0.25) is 24.5 Å². The van der Waals surface area contributed by atoms with Crippen LogP contribution < -0.4 is 15.5 Å². The van der Waals surface area contributed by atoms with E-state index in [4.69, 9.17) is 4.74 Å². The van der Waals surface area contributed by atoms with Gasteiger partial charge < -0.3 is 19.7 Å². The van der Waals surface area contributed by atoms with Gasteiger partial charge in [0, 0.05) is 24.2 Å². The molecule has 1 heterocycles. The molecule has 1 saturated heterocycles. The van der Waals surface area contributed by atoms with Crippen molar-refractivity contribution >= 4 is 35.5 Å². The summed E-state index contributed by atoms with van der Waals surface area (Å²) in [5.74, 6) is -2.16. The number of methoxy groups -OCH3 is 1. The molecule has 10 heteroatoms.